The molecule has 0 saturated carbocycles. The van der Waals surface area contributed by atoms with Crippen LogP contribution in [0.2, 0.25) is 0 Å². The zero-order chi connectivity index (χ0) is 12.3. The molecule has 0 N–H and O–H groups in total. The Labute approximate surface area is 102 Å². The molecule has 0 spiro atoms. The van der Waals surface area contributed by atoms with Crippen molar-refractivity contribution in [3.8, 4) is 0 Å². The second-order valence-corrected chi connectivity index (χ2v) is 4.82. The van der Waals surface area contributed by atoms with Crippen LogP contribution in [0.25, 0.3) is 0 Å². The summed E-state index contributed by atoms with van der Waals surface area (Å²) in [6.07, 6.45) is 5.40. The van der Waals surface area contributed by atoms with Crippen molar-refractivity contribution in [3.63, 3.8) is 0 Å². The van der Waals surface area contributed by atoms with Gasteiger partial charge in [0.1, 0.15) is 5.78 Å². The number of aryl methyl sites for hydroxylation is 2. The fraction of sp³-hybridized carbons (Fsp3) is 0.467. The van der Waals surface area contributed by atoms with Gasteiger partial charge in [0, 0.05) is 18.4 Å². The molecule has 2 rings (SSSR count). The zero-order valence-corrected chi connectivity index (χ0v) is 10.3. The molecule has 1 aromatic rings. The maximum Gasteiger partial charge on any atom is 0.163 e. The van der Waals surface area contributed by atoms with Crippen LogP contribution in [0, 0.1) is 0 Å². The molecule has 17 heavy (non-hydrogen) atoms. The summed E-state index contributed by atoms with van der Waals surface area (Å²) in [4.78, 5) is 22.7. The minimum Gasteiger partial charge on any atom is -0.300 e. The molecule has 2 nitrogen and oxygen atoms in total. The van der Waals surface area contributed by atoms with Crippen molar-refractivity contribution >= 4 is 11.6 Å². The molecule has 90 valence electrons. The van der Waals surface area contributed by atoms with Crippen molar-refractivity contribution in [2.75, 3.05) is 0 Å². The number of carbonyl (C=O) groups excluding carboxylic acids is 2. The topological polar surface area (TPSA) is 34.1 Å². The van der Waals surface area contributed by atoms with Gasteiger partial charge >= 0.3 is 0 Å². The van der Waals surface area contributed by atoms with Crippen molar-refractivity contribution in [1.82, 2.24) is 0 Å². The molecule has 0 radical (unpaired) electrons. The van der Waals surface area contributed by atoms with Crippen molar-refractivity contribution in [3.05, 3.63) is 34.9 Å². The fourth-order valence-electron chi connectivity index (χ4n) is 2.34. The van der Waals surface area contributed by atoms with E-state index in [9.17, 15) is 9.59 Å². The first kappa shape index (κ1) is 12.0. The third kappa shape index (κ3) is 3.02. The third-order valence-electron chi connectivity index (χ3n) is 3.37. The maximum absolute atomic E-state index is 11.9. The highest BCUT2D eigenvalue weighted by atomic mass is 16.1. The molecule has 0 aromatic heterocycles. The van der Waals surface area contributed by atoms with Gasteiger partial charge in [0.2, 0.25) is 0 Å². The summed E-state index contributed by atoms with van der Waals surface area (Å²) in [7, 11) is 0. The first-order valence-electron chi connectivity index (χ1n) is 6.31. The van der Waals surface area contributed by atoms with Gasteiger partial charge in [0.15, 0.2) is 5.78 Å². The van der Waals surface area contributed by atoms with E-state index in [1.807, 2.05) is 12.1 Å². The summed E-state index contributed by atoms with van der Waals surface area (Å²) >= 11 is 0. The Morgan fingerprint density at radius 1 is 1.06 bits per heavy atom. The smallest absolute Gasteiger partial charge is 0.163 e. The van der Waals surface area contributed by atoms with Gasteiger partial charge in [-0.05, 0) is 49.8 Å². The van der Waals surface area contributed by atoms with E-state index in [2.05, 4.69) is 6.07 Å². The first-order valence-corrected chi connectivity index (χ1v) is 6.31. The molecule has 0 aliphatic heterocycles. The summed E-state index contributed by atoms with van der Waals surface area (Å²) in [5, 5.41) is 0. The lowest BCUT2D eigenvalue weighted by molar-refractivity contribution is -0.116. The largest absolute Gasteiger partial charge is 0.300 e. The summed E-state index contributed by atoms with van der Waals surface area (Å²) in [6, 6.07) is 6.01. The van der Waals surface area contributed by atoms with E-state index in [1.54, 1.807) is 0 Å². The molecule has 0 unspecified atom stereocenters. The highest BCUT2D eigenvalue weighted by Crippen LogP contribution is 2.22. The van der Waals surface area contributed by atoms with Gasteiger partial charge in [-0.15, -0.1) is 0 Å². The minimum atomic E-state index is 0.0799. The Hall–Kier alpha value is -1.44. The van der Waals surface area contributed by atoms with Gasteiger partial charge in [-0.25, -0.2) is 0 Å². The molecule has 2 heteroatoms. The van der Waals surface area contributed by atoms with Gasteiger partial charge in [0.05, 0.1) is 0 Å². The molecule has 0 bridgehead atoms. The van der Waals surface area contributed by atoms with Crippen LogP contribution >= 0.6 is 0 Å². The lowest BCUT2D eigenvalue weighted by Crippen LogP contribution is -2.07. The molecule has 1 aliphatic rings. The average molecular weight is 230 g/mol. The fourth-order valence-corrected chi connectivity index (χ4v) is 2.34. The number of Topliss-reactive ketones (excluding diaryl/α,β-unsaturated/α-hetero) is 2. The van der Waals surface area contributed by atoms with Crippen LogP contribution in [0.1, 0.15) is 54.1 Å². The van der Waals surface area contributed by atoms with E-state index in [0.29, 0.717) is 12.8 Å². The minimum absolute atomic E-state index is 0.0799. The Morgan fingerprint density at radius 3 is 2.47 bits per heavy atom. The van der Waals surface area contributed by atoms with Crippen LogP contribution in [0.3, 0.4) is 0 Å². The standard InChI is InChI=1S/C15H18O2/c1-11(16)6-9-15(17)14-8-7-12-4-2-3-5-13(12)10-14/h7-8,10H,2-6,9H2,1H3. The van der Waals surface area contributed by atoms with Crippen molar-refractivity contribution in [2.24, 2.45) is 0 Å². The van der Waals surface area contributed by atoms with E-state index in [0.717, 1.165) is 18.4 Å². The Kier molecular flexibility index (Phi) is 3.72. The monoisotopic (exact) mass is 230 g/mol. The van der Waals surface area contributed by atoms with E-state index in [1.165, 1.54) is 30.9 Å². The first-order chi connectivity index (χ1) is 8.16. The lowest BCUT2D eigenvalue weighted by atomic mass is 9.89. The Morgan fingerprint density at radius 2 is 1.76 bits per heavy atom. The van der Waals surface area contributed by atoms with Crippen LogP contribution in [0.5, 0.6) is 0 Å². The van der Waals surface area contributed by atoms with E-state index in [-0.39, 0.29) is 11.6 Å². The predicted molar refractivity (Wildman–Crippen MR) is 67.3 cm³/mol. The highest BCUT2D eigenvalue weighted by Gasteiger charge is 2.13. The number of carbonyl (C=O) groups is 2. The van der Waals surface area contributed by atoms with Crippen LogP contribution < -0.4 is 0 Å². The number of fused-ring (bicyclic) bond motifs is 1. The summed E-state index contributed by atoms with van der Waals surface area (Å²) in [5.74, 6) is 0.171. The number of hydrogen-bond donors (Lipinski definition) is 0. The third-order valence-corrected chi connectivity index (χ3v) is 3.37. The molecular formula is C15H18O2. The van der Waals surface area contributed by atoms with Crippen molar-refractivity contribution < 1.29 is 9.59 Å². The van der Waals surface area contributed by atoms with Crippen LogP contribution in [0.4, 0.5) is 0 Å². The molecule has 0 saturated heterocycles. The molecule has 1 aromatic carbocycles. The molecule has 0 fully saturated rings. The molecule has 1 aliphatic carbocycles. The van der Waals surface area contributed by atoms with Gasteiger partial charge in [-0.3, -0.25) is 4.79 Å². The van der Waals surface area contributed by atoms with Crippen LogP contribution in [-0.2, 0) is 17.6 Å². The Bertz CT molecular complexity index is 446. The normalized spacial score (nSPS) is 14.2. The van der Waals surface area contributed by atoms with E-state index >= 15 is 0 Å². The van der Waals surface area contributed by atoms with Gasteiger partial charge < -0.3 is 4.79 Å². The van der Waals surface area contributed by atoms with Gasteiger partial charge in [-0.2, -0.15) is 0 Å². The average Bonchev–Trinajstić information content (AvgIpc) is 2.35. The summed E-state index contributed by atoms with van der Waals surface area (Å²) in [5.41, 5.74) is 3.48. The van der Waals surface area contributed by atoms with Crippen molar-refractivity contribution in [1.29, 1.82) is 0 Å². The van der Waals surface area contributed by atoms with Crippen LogP contribution in [-0.4, -0.2) is 11.6 Å². The Balaban J connectivity index is 2.11. The van der Waals surface area contributed by atoms with Gasteiger partial charge in [0.25, 0.3) is 0 Å². The van der Waals surface area contributed by atoms with Crippen LogP contribution in [0.15, 0.2) is 18.2 Å². The highest BCUT2D eigenvalue weighted by molar-refractivity contribution is 5.98. The van der Waals surface area contributed by atoms with Crippen molar-refractivity contribution in [2.45, 2.75) is 45.4 Å². The lowest BCUT2D eigenvalue weighted by Gasteiger charge is -2.16. The SMILES string of the molecule is CC(=O)CCC(=O)c1ccc2c(c1)CCCC2. The number of hydrogen-bond acceptors (Lipinski definition) is 2. The summed E-state index contributed by atoms with van der Waals surface area (Å²) < 4.78 is 0. The molecule has 0 heterocycles. The van der Waals surface area contributed by atoms with E-state index < -0.39 is 0 Å². The second-order valence-electron chi connectivity index (χ2n) is 4.82. The molecular weight excluding hydrogens is 212 g/mol. The quantitative estimate of drug-likeness (QED) is 0.745. The second kappa shape index (κ2) is 5.26. The number of rotatable bonds is 4. The zero-order valence-electron chi connectivity index (χ0n) is 10.3. The van der Waals surface area contributed by atoms with Gasteiger partial charge in [-0.1, -0.05) is 12.1 Å². The number of ketones is 2. The van der Waals surface area contributed by atoms with E-state index in [4.69, 9.17) is 0 Å². The maximum atomic E-state index is 11.9. The molecule has 0 atom stereocenters. The number of benzene rings is 1. The predicted octanol–water partition coefficient (Wildman–Crippen LogP) is 3.12. The molecule has 0 amide bonds. The summed E-state index contributed by atoms with van der Waals surface area (Å²) in [6.45, 7) is 1.53.